The zero-order valence-electron chi connectivity index (χ0n) is 22.1. The van der Waals surface area contributed by atoms with Gasteiger partial charge in [0.1, 0.15) is 23.0 Å². The van der Waals surface area contributed by atoms with E-state index in [0.717, 1.165) is 35.4 Å². The van der Waals surface area contributed by atoms with Crippen molar-refractivity contribution in [3.05, 3.63) is 54.4 Å². The summed E-state index contributed by atoms with van der Waals surface area (Å²) in [6.07, 6.45) is 4.56. The molecule has 3 N–H and O–H groups in total. The summed E-state index contributed by atoms with van der Waals surface area (Å²) < 4.78 is 37.1. The number of hydrogen-bond donors (Lipinski definition) is 3. The molecule has 1 aliphatic heterocycles. The first-order chi connectivity index (χ1) is 18.9. The van der Waals surface area contributed by atoms with Crippen LogP contribution in [0.25, 0.3) is 11.0 Å². The van der Waals surface area contributed by atoms with Crippen LogP contribution in [0.4, 0.5) is 29.0 Å². The molecular formula is C26H32N8O4S. The number of nitrogens with zero attached hydrogens (tertiary/aromatic N) is 5. The van der Waals surface area contributed by atoms with Gasteiger partial charge in [-0.1, -0.05) is 6.07 Å². The lowest BCUT2D eigenvalue weighted by Crippen LogP contribution is -2.36. The molecule has 1 aliphatic rings. The number of aromatic amines is 1. The molecule has 39 heavy (non-hydrogen) atoms. The van der Waals surface area contributed by atoms with Crippen molar-refractivity contribution in [1.29, 1.82) is 0 Å². The molecule has 0 saturated carbocycles. The molecule has 12 nitrogen and oxygen atoms in total. The third-order valence-electron chi connectivity index (χ3n) is 6.46. The van der Waals surface area contributed by atoms with Gasteiger partial charge in [0.2, 0.25) is 16.0 Å². The summed E-state index contributed by atoms with van der Waals surface area (Å²) in [7, 11) is -1.84. The molecule has 0 spiro atoms. The third kappa shape index (κ3) is 5.83. The monoisotopic (exact) mass is 552 g/mol. The van der Waals surface area contributed by atoms with Gasteiger partial charge in [-0.15, -0.1) is 0 Å². The van der Waals surface area contributed by atoms with Crippen LogP contribution >= 0.6 is 0 Å². The van der Waals surface area contributed by atoms with Crippen molar-refractivity contribution in [2.45, 2.75) is 13.5 Å². The van der Waals surface area contributed by atoms with Gasteiger partial charge in [-0.2, -0.15) is 9.97 Å². The highest BCUT2D eigenvalue weighted by Gasteiger charge is 2.20. The van der Waals surface area contributed by atoms with E-state index in [-0.39, 0.29) is 6.54 Å². The Morgan fingerprint density at radius 2 is 2.00 bits per heavy atom. The van der Waals surface area contributed by atoms with Gasteiger partial charge in [-0.05, 0) is 31.2 Å². The van der Waals surface area contributed by atoms with E-state index in [1.54, 1.807) is 32.5 Å². The maximum atomic E-state index is 12.3. The fourth-order valence-corrected chi connectivity index (χ4v) is 5.51. The molecule has 0 amide bonds. The smallest absolute Gasteiger partial charge is 0.233 e. The Bertz CT molecular complexity index is 1550. The summed E-state index contributed by atoms with van der Waals surface area (Å²) in [5.41, 5.74) is 3.16. The number of aromatic nitrogens is 4. The second-order valence-corrected chi connectivity index (χ2v) is 10.9. The Kier molecular flexibility index (Phi) is 7.70. The fraction of sp³-hybridized carbons (Fsp3) is 0.346. The molecule has 0 atom stereocenters. The van der Waals surface area contributed by atoms with Crippen LogP contribution in [0.2, 0.25) is 0 Å². The second kappa shape index (κ2) is 11.3. The Hall–Kier alpha value is -4.10. The minimum absolute atomic E-state index is 0.276. The maximum absolute atomic E-state index is 12.3. The van der Waals surface area contributed by atoms with Crippen LogP contribution in [0.5, 0.6) is 5.75 Å². The third-order valence-corrected chi connectivity index (χ3v) is 7.69. The van der Waals surface area contributed by atoms with Crippen molar-refractivity contribution in [2.24, 2.45) is 0 Å². The largest absolute Gasteiger partial charge is 0.494 e. The zero-order chi connectivity index (χ0) is 27.4. The van der Waals surface area contributed by atoms with Gasteiger partial charge in [0.15, 0.2) is 0 Å². The number of pyridine rings is 1. The van der Waals surface area contributed by atoms with Crippen molar-refractivity contribution < 1.29 is 17.9 Å². The average Bonchev–Trinajstić information content (AvgIpc) is 3.41. The molecule has 1 fully saturated rings. The van der Waals surface area contributed by atoms with Crippen LogP contribution in [0.3, 0.4) is 0 Å². The number of H-pyrrole nitrogens is 1. The van der Waals surface area contributed by atoms with Crippen LogP contribution in [0.15, 0.2) is 48.8 Å². The van der Waals surface area contributed by atoms with Gasteiger partial charge >= 0.3 is 0 Å². The number of benzene rings is 1. The molecule has 1 aromatic carbocycles. The predicted octanol–water partition coefficient (Wildman–Crippen LogP) is 3.34. The lowest BCUT2D eigenvalue weighted by atomic mass is 10.2. The highest BCUT2D eigenvalue weighted by atomic mass is 32.2. The first kappa shape index (κ1) is 26.5. The minimum atomic E-state index is -3.48. The van der Waals surface area contributed by atoms with Gasteiger partial charge in [-0.25, -0.2) is 13.4 Å². The summed E-state index contributed by atoms with van der Waals surface area (Å²) in [5, 5.41) is 7.43. The number of morpholine rings is 1. The van der Waals surface area contributed by atoms with E-state index in [0.29, 0.717) is 48.7 Å². The maximum Gasteiger partial charge on any atom is 0.233 e. The van der Waals surface area contributed by atoms with E-state index >= 15 is 0 Å². The Morgan fingerprint density at radius 3 is 2.74 bits per heavy atom. The van der Waals surface area contributed by atoms with Gasteiger partial charge in [0.05, 0.1) is 37.7 Å². The van der Waals surface area contributed by atoms with E-state index in [1.165, 1.54) is 10.6 Å². The summed E-state index contributed by atoms with van der Waals surface area (Å²) in [6.45, 7) is 5.43. The first-order valence-electron chi connectivity index (χ1n) is 12.7. The van der Waals surface area contributed by atoms with Gasteiger partial charge in [0, 0.05) is 55.9 Å². The molecule has 3 aromatic heterocycles. The molecule has 0 aliphatic carbocycles. The van der Waals surface area contributed by atoms with Gasteiger partial charge < -0.3 is 30.0 Å². The summed E-state index contributed by atoms with van der Waals surface area (Å²) in [4.78, 5) is 19.1. The first-order valence-corrected chi connectivity index (χ1v) is 14.5. The second-order valence-electron chi connectivity index (χ2n) is 9.01. The number of ether oxygens (including phenoxy) is 2. The normalized spacial score (nSPS) is 13.9. The average molecular weight is 553 g/mol. The van der Waals surface area contributed by atoms with E-state index in [1.807, 2.05) is 30.3 Å². The number of methoxy groups -OCH3 is 1. The van der Waals surface area contributed by atoms with Crippen LogP contribution in [0.1, 0.15) is 12.5 Å². The SMILES string of the molecule is CCN(c1ncccc1CNc1nc(Nc2ccc(N3CCOCC3)cc2OC)nc2[nH]ccc12)S(C)(=O)=O. The van der Waals surface area contributed by atoms with Crippen LogP contribution in [-0.4, -0.2) is 74.6 Å². The number of anilines is 5. The standard InChI is InChI=1S/C26H32N8O4S/c1-4-34(39(3,35)36)25-18(6-5-10-28-25)17-29-24-20-9-11-27-23(20)31-26(32-24)30-21-8-7-19(16-22(21)37-2)33-12-14-38-15-13-33/h5-11,16H,4,12-15,17H2,1-3H3,(H3,27,29,30,31,32). The Labute approximate surface area is 227 Å². The van der Waals surface area contributed by atoms with E-state index < -0.39 is 10.0 Å². The fourth-order valence-electron chi connectivity index (χ4n) is 4.57. The number of fused-ring (bicyclic) bond motifs is 1. The zero-order valence-corrected chi connectivity index (χ0v) is 23.0. The van der Waals surface area contributed by atoms with Crippen molar-refractivity contribution in [3.63, 3.8) is 0 Å². The lowest BCUT2D eigenvalue weighted by molar-refractivity contribution is 0.122. The van der Waals surface area contributed by atoms with Crippen molar-refractivity contribution in [2.75, 3.05) is 66.1 Å². The predicted molar refractivity (Wildman–Crippen MR) is 153 cm³/mol. The minimum Gasteiger partial charge on any atom is -0.494 e. The Balaban J connectivity index is 1.41. The summed E-state index contributed by atoms with van der Waals surface area (Å²) in [6, 6.07) is 11.5. The summed E-state index contributed by atoms with van der Waals surface area (Å²) in [5.74, 6) is 2.02. The molecule has 4 aromatic rings. The topological polar surface area (TPSA) is 138 Å². The van der Waals surface area contributed by atoms with Crippen molar-refractivity contribution in [1.82, 2.24) is 19.9 Å². The van der Waals surface area contributed by atoms with Crippen LogP contribution in [-0.2, 0) is 21.3 Å². The highest BCUT2D eigenvalue weighted by Crippen LogP contribution is 2.33. The van der Waals surface area contributed by atoms with Crippen molar-refractivity contribution >= 4 is 50.0 Å². The molecule has 13 heteroatoms. The van der Waals surface area contributed by atoms with E-state index in [2.05, 4.69) is 30.5 Å². The molecule has 1 saturated heterocycles. The molecule has 0 unspecified atom stereocenters. The number of nitrogens with one attached hydrogen (secondary N) is 3. The van der Waals surface area contributed by atoms with E-state index in [9.17, 15) is 8.42 Å². The van der Waals surface area contributed by atoms with Gasteiger partial charge in [0.25, 0.3) is 0 Å². The van der Waals surface area contributed by atoms with Crippen LogP contribution in [0, 0.1) is 0 Å². The van der Waals surface area contributed by atoms with Gasteiger partial charge in [-0.3, -0.25) is 4.31 Å². The molecular weight excluding hydrogens is 520 g/mol. The Morgan fingerprint density at radius 1 is 1.18 bits per heavy atom. The van der Waals surface area contributed by atoms with Crippen molar-refractivity contribution in [3.8, 4) is 5.75 Å². The molecule has 206 valence electrons. The van der Waals surface area contributed by atoms with Crippen LogP contribution < -0.4 is 24.6 Å². The summed E-state index contributed by atoms with van der Waals surface area (Å²) >= 11 is 0. The molecule has 0 bridgehead atoms. The van der Waals surface area contributed by atoms with E-state index in [4.69, 9.17) is 14.5 Å². The molecule has 0 radical (unpaired) electrons. The molecule has 4 heterocycles. The number of sulfonamides is 1. The molecule has 5 rings (SSSR count). The quantitative estimate of drug-likeness (QED) is 0.269. The number of hydrogen-bond acceptors (Lipinski definition) is 10. The number of rotatable bonds is 10. The highest BCUT2D eigenvalue weighted by molar-refractivity contribution is 7.92. The lowest BCUT2D eigenvalue weighted by Gasteiger charge is -2.29.